The van der Waals surface area contributed by atoms with Crippen LogP contribution in [0.15, 0.2) is 0 Å². The molecule has 1 aliphatic heterocycles. The van der Waals surface area contributed by atoms with Gasteiger partial charge in [-0.25, -0.2) is 8.42 Å². The maximum absolute atomic E-state index is 11.3. The van der Waals surface area contributed by atoms with Crippen LogP contribution in [0.1, 0.15) is 40.0 Å². The maximum Gasteiger partial charge on any atom is 0.150 e. The average molecular weight is 204 g/mol. The van der Waals surface area contributed by atoms with E-state index in [2.05, 4.69) is 20.8 Å². The van der Waals surface area contributed by atoms with Gasteiger partial charge in [0.1, 0.15) is 9.84 Å². The first kappa shape index (κ1) is 11.0. The molecule has 1 fully saturated rings. The summed E-state index contributed by atoms with van der Waals surface area (Å²) in [6.45, 7) is 6.60. The number of rotatable bonds is 2. The van der Waals surface area contributed by atoms with E-state index in [1.807, 2.05) is 0 Å². The van der Waals surface area contributed by atoms with Gasteiger partial charge in [0.15, 0.2) is 0 Å². The van der Waals surface area contributed by atoms with E-state index in [-0.39, 0.29) is 0 Å². The topological polar surface area (TPSA) is 34.1 Å². The largest absolute Gasteiger partial charge is 0.229 e. The van der Waals surface area contributed by atoms with Crippen molar-refractivity contribution in [3.05, 3.63) is 0 Å². The number of hydrogen-bond donors (Lipinski definition) is 0. The molecule has 0 bridgehead atoms. The van der Waals surface area contributed by atoms with Crippen LogP contribution in [-0.4, -0.2) is 19.9 Å². The molecular weight excluding hydrogens is 184 g/mol. The zero-order valence-electron chi connectivity index (χ0n) is 8.84. The van der Waals surface area contributed by atoms with Gasteiger partial charge in [0, 0.05) is 0 Å². The third-order valence-corrected chi connectivity index (χ3v) is 5.40. The second-order valence-electron chi connectivity index (χ2n) is 4.52. The third-order valence-electron chi connectivity index (χ3n) is 3.75. The normalized spacial score (nSPS) is 26.2. The molecule has 0 unspecified atom stereocenters. The van der Waals surface area contributed by atoms with Gasteiger partial charge >= 0.3 is 0 Å². The zero-order chi connectivity index (χ0) is 10.1. The van der Waals surface area contributed by atoms with Crippen LogP contribution in [0.4, 0.5) is 0 Å². The van der Waals surface area contributed by atoms with E-state index < -0.39 is 9.84 Å². The molecule has 0 saturated carbocycles. The minimum Gasteiger partial charge on any atom is -0.229 e. The van der Waals surface area contributed by atoms with Crippen LogP contribution in [-0.2, 0) is 9.84 Å². The van der Waals surface area contributed by atoms with Gasteiger partial charge in [0.25, 0.3) is 0 Å². The standard InChI is InChI=1S/C10H20O2S/c1-4-10(9(2)3)5-7-13(11,12)8-6-10/h9H,4-8H2,1-3H3. The Morgan fingerprint density at radius 3 is 2.00 bits per heavy atom. The fourth-order valence-electron chi connectivity index (χ4n) is 2.28. The van der Waals surface area contributed by atoms with Crippen molar-refractivity contribution in [2.45, 2.75) is 40.0 Å². The number of sulfone groups is 1. The Labute approximate surface area is 81.6 Å². The Balaban J connectivity index is 2.75. The van der Waals surface area contributed by atoms with E-state index in [1.165, 1.54) is 0 Å². The predicted octanol–water partition coefficient (Wildman–Crippen LogP) is 2.25. The Bertz CT molecular complexity index is 251. The molecule has 3 heteroatoms. The van der Waals surface area contributed by atoms with E-state index in [4.69, 9.17) is 0 Å². The Kier molecular flexibility index (Phi) is 3.05. The lowest BCUT2D eigenvalue weighted by molar-refractivity contribution is 0.158. The molecule has 1 heterocycles. The van der Waals surface area contributed by atoms with Gasteiger partial charge in [-0.15, -0.1) is 0 Å². The smallest absolute Gasteiger partial charge is 0.150 e. The highest BCUT2D eigenvalue weighted by Crippen LogP contribution is 2.42. The molecule has 0 atom stereocenters. The molecule has 0 aromatic heterocycles. The molecule has 1 saturated heterocycles. The Morgan fingerprint density at radius 1 is 1.23 bits per heavy atom. The molecule has 0 aromatic carbocycles. The van der Waals surface area contributed by atoms with Gasteiger partial charge in [-0.05, 0) is 24.2 Å². The molecule has 0 spiro atoms. The molecule has 0 N–H and O–H groups in total. The van der Waals surface area contributed by atoms with Crippen molar-refractivity contribution in [1.82, 2.24) is 0 Å². The fourth-order valence-corrected chi connectivity index (χ4v) is 3.92. The quantitative estimate of drug-likeness (QED) is 0.691. The second kappa shape index (κ2) is 3.60. The average Bonchev–Trinajstić information content (AvgIpc) is 2.05. The van der Waals surface area contributed by atoms with E-state index in [0.717, 1.165) is 19.3 Å². The van der Waals surface area contributed by atoms with Crippen LogP contribution in [0, 0.1) is 11.3 Å². The zero-order valence-corrected chi connectivity index (χ0v) is 9.65. The summed E-state index contributed by atoms with van der Waals surface area (Å²) in [7, 11) is -2.70. The van der Waals surface area contributed by atoms with Crippen LogP contribution in [0.5, 0.6) is 0 Å². The van der Waals surface area contributed by atoms with Gasteiger partial charge in [0.05, 0.1) is 11.5 Å². The summed E-state index contributed by atoms with van der Waals surface area (Å²) in [6, 6.07) is 0. The second-order valence-corrected chi connectivity index (χ2v) is 6.83. The fraction of sp³-hybridized carbons (Fsp3) is 1.00. The molecule has 0 aliphatic carbocycles. The molecular formula is C10H20O2S. The van der Waals surface area contributed by atoms with Gasteiger partial charge in [-0.3, -0.25) is 0 Å². The van der Waals surface area contributed by atoms with Gasteiger partial charge in [-0.1, -0.05) is 27.2 Å². The van der Waals surface area contributed by atoms with Crippen LogP contribution in [0.2, 0.25) is 0 Å². The Hall–Kier alpha value is -0.0500. The summed E-state index contributed by atoms with van der Waals surface area (Å²) in [5.74, 6) is 1.41. The van der Waals surface area contributed by atoms with Crippen molar-refractivity contribution >= 4 is 9.84 Å². The SMILES string of the molecule is CCC1(C(C)C)CCS(=O)(=O)CC1. The maximum atomic E-state index is 11.3. The van der Waals surface area contributed by atoms with Gasteiger partial charge in [0.2, 0.25) is 0 Å². The molecule has 13 heavy (non-hydrogen) atoms. The lowest BCUT2D eigenvalue weighted by Gasteiger charge is -2.40. The summed E-state index contributed by atoms with van der Waals surface area (Å²) in [5.41, 5.74) is 0.297. The van der Waals surface area contributed by atoms with Crippen molar-refractivity contribution in [3.8, 4) is 0 Å². The molecule has 0 aromatic rings. The highest BCUT2D eigenvalue weighted by Gasteiger charge is 2.37. The monoisotopic (exact) mass is 204 g/mol. The van der Waals surface area contributed by atoms with Crippen molar-refractivity contribution < 1.29 is 8.42 Å². The van der Waals surface area contributed by atoms with E-state index in [0.29, 0.717) is 22.8 Å². The minimum absolute atomic E-state index is 0.297. The summed E-state index contributed by atoms with van der Waals surface area (Å²) in [5, 5.41) is 0. The lowest BCUT2D eigenvalue weighted by atomic mass is 9.71. The van der Waals surface area contributed by atoms with Gasteiger partial charge in [-0.2, -0.15) is 0 Å². The molecule has 1 rings (SSSR count). The summed E-state index contributed by atoms with van der Waals surface area (Å²) in [4.78, 5) is 0. The van der Waals surface area contributed by atoms with Crippen LogP contribution >= 0.6 is 0 Å². The highest BCUT2D eigenvalue weighted by molar-refractivity contribution is 7.91. The van der Waals surface area contributed by atoms with Crippen LogP contribution in [0.25, 0.3) is 0 Å². The molecule has 78 valence electrons. The van der Waals surface area contributed by atoms with Crippen LogP contribution < -0.4 is 0 Å². The number of hydrogen-bond acceptors (Lipinski definition) is 2. The van der Waals surface area contributed by atoms with Gasteiger partial charge < -0.3 is 0 Å². The lowest BCUT2D eigenvalue weighted by Crippen LogP contribution is -2.36. The predicted molar refractivity (Wildman–Crippen MR) is 55.4 cm³/mol. The minimum atomic E-state index is -2.70. The molecule has 2 nitrogen and oxygen atoms in total. The highest BCUT2D eigenvalue weighted by atomic mass is 32.2. The molecule has 0 radical (unpaired) electrons. The third kappa shape index (κ3) is 2.25. The summed E-state index contributed by atoms with van der Waals surface area (Å²) >= 11 is 0. The van der Waals surface area contributed by atoms with Crippen molar-refractivity contribution in [2.75, 3.05) is 11.5 Å². The first-order valence-corrected chi connectivity index (χ1v) is 6.94. The summed E-state index contributed by atoms with van der Waals surface area (Å²) < 4.78 is 22.6. The molecule has 0 amide bonds. The summed E-state index contributed by atoms with van der Waals surface area (Å²) in [6.07, 6.45) is 2.84. The molecule has 1 aliphatic rings. The van der Waals surface area contributed by atoms with Crippen molar-refractivity contribution in [1.29, 1.82) is 0 Å². The van der Waals surface area contributed by atoms with Crippen molar-refractivity contribution in [2.24, 2.45) is 11.3 Å². The van der Waals surface area contributed by atoms with E-state index >= 15 is 0 Å². The first-order chi connectivity index (χ1) is 5.92. The van der Waals surface area contributed by atoms with Crippen LogP contribution in [0.3, 0.4) is 0 Å². The van der Waals surface area contributed by atoms with E-state index in [1.54, 1.807) is 0 Å². The van der Waals surface area contributed by atoms with E-state index in [9.17, 15) is 8.42 Å². The first-order valence-electron chi connectivity index (χ1n) is 5.12. The Morgan fingerprint density at radius 2 is 1.69 bits per heavy atom. The van der Waals surface area contributed by atoms with Crippen molar-refractivity contribution in [3.63, 3.8) is 0 Å².